The second kappa shape index (κ2) is 37.4. The highest BCUT2D eigenvalue weighted by molar-refractivity contribution is 6.07. The average Bonchev–Trinajstić information content (AvgIpc) is 2.36. The lowest BCUT2D eigenvalue weighted by molar-refractivity contribution is -0.140. The maximum Gasteiger partial charge on any atom is 0.407 e. The first-order chi connectivity index (χ1) is 43.7. The van der Waals surface area contributed by atoms with Gasteiger partial charge in [-0.3, -0.25) is 69.0 Å². The van der Waals surface area contributed by atoms with Crippen molar-refractivity contribution in [1.82, 2.24) is 61.3 Å². The molecule has 30 heteroatoms. The Bertz CT molecular complexity index is 3050. The number of benzene rings is 2. The third-order valence-electron chi connectivity index (χ3n) is 15.7. The van der Waals surface area contributed by atoms with Crippen LogP contribution in [0.4, 0.5) is 13.6 Å². The number of carboxylic acid groups (broad SMARTS) is 3. The topological polar surface area (TPSA) is 360 Å². The van der Waals surface area contributed by atoms with E-state index in [4.69, 9.17) is 4.74 Å². The van der Waals surface area contributed by atoms with Crippen molar-refractivity contribution in [2.45, 2.75) is 83.1 Å². The van der Waals surface area contributed by atoms with Gasteiger partial charge in [0.15, 0.2) is 5.78 Å². The van der Waals surface area contributed by atoms with E-state index in [1.807, 2.05) is 36.1 Å². The van der Waals surface area contributed by atoms with Crippen molar-refractivity contribution in [2.24, 2.45) is 27.1 Å². The fraction of sp³-hybridized carbons (Fsp3) is 0.557. The summed E-state index contributed by atoms with van der Waals surface area (Å²) in [5.74, 6) is -8.98. The smallest absolute Gasteiger partial charge is 0.407 e. The number of aromatic nitrogens is 1. The van der Waals surface area contributed by atoms with E-state index in [9.17, 15) is 67.7 Å². The lowest BCUT2D eigenvalue weighted by Gasteiger charge is -2.34. The average molecular weight is 1270 g/mol. The summed E-state index contributed by atoms with van der Waals surface area (Å²) in [5.41, 5.74) is 11.0. The van der Waals surface area contributed by atoms with Gasteiger partial charge in [-0.05, 0) is 69.0 Å². The molecule has 2 aromatic carbocycles. The van der Waals surface area contributed by atoms with Crippen molar-refractivity contribution in [3.8, 4) is 11.8 Å². The predicted molar refractivity (Wildman–Crippen MR) is 332 cm³/mol. The number of carboxylic acids is 2. The predicted octanol–water partition coefficient (Wildman–Crippen LogP) is 2.48. The Balaban J connectivity index is 0.892. The van der Waals surface area contributed by atoms with Crippen LogP contribution in [-0.2, 0) is 28.8 Å². The molecule has 91 heavy (non-hydrogen) atoms. The van der Waals surface area contributed by atoms with Crippen LogP contribution in [0.3, 0.4) is 0 Å². The Labute approximate surface area is 527 Å². The van der Waals surface area contributed by atoms with Crippen molar-refractivity contribution in [2.75, 3.05) is 125 Å². The summed E-state index contributed by atoms with van der Waals surface area (Å²) in [6.07, 6.45) is 7.34. The van der Waals surface area contributed by atoms with Gasteiger partial charge >= 0.3 is 18.0 Å². The van der Waals surface area contributed by atoms with E-state index in [1.54, 1.807) is 45.2 Å². The monoisotopic (exact) mass is 1270 g/mol. The number of hydrazone groups is 3. The van der Waals surface area contributed by atoms with Crippen molar-refractivity contribution < 1.29 is 67.2 Å². The Morgan fingerprint density at radius 3 is 2.04 bits per heavy atom. The van der Waals surface area contributed by atoms with E-state index in [0.717, 1.165) is 48.5 Å². The fourth-order valence-corrected chi connectivity index (χ4v) is 10.6. The Morgan fingerprint density at radius 2 is 1.37 bits per heavy atom. The highest BCUT2D eigenvalue weighted by atomic mass is 19.3. The number of unbranched alkanes of at least 4 members (excludes halogenated alkanes) is 3. The van der Waals surface area contributed by atoms with E-state index in [-0.39, 0.29) is 109 Å². The zero-order valence-corrected chi connectivity index (χ0v) is 51.4. The summed E-state index contributed by atoms with van der Waals surface area (Å²) in [6.45, 7) is 5.63. The number of Topliss-reactive ketones (excluding diaryl/α,β-unsaturated/α-hetero) is 1. The Kier molecular flexibility index (Phi) is 29.3. The minimum Gasteiger partial charge on any atom is -0.494 e. The third kappa shape index (κ3) is 25.9. The molecule has 3 aliphatic rings. The molecule has 5 amide bonds. The van der Waals surface area contributed by atoms with Crippen LogP contribution in [0.25, 0.3) is 10.9 Å². The molecule has 2 unspecified atom stereocenters. The molecule has 3 heterocycles. The number of fused-ring (bicyclic) bond motifs is 1. The number of amides is 5. The van der Waals surface area contributed by atoms with Crippen molar-refractivity contribution in [3.63, 3.8) is 0 Å². The lowest BCUT2D eigenvalue weighted by Crippen LogP contribution is -2.50. The molecule has 1 aromatic heterocycles. The Hall–Kier alpha value is -8.79. The number of hydrogen-bond donors (Lipinski definition) is 8. The summed E-state index contributed by atoms with van der Waals surface area (Å²) >= 11 is 0. The number of aliphatic carboxylic acids is 2. The van der Waals surface area contributed by atoms with E-state index in [2.05, 4.69) is 52.1 Å². The van der Waals surface area contributed by atoms with E-state index in [0.29, 0.717) is 62.0 Å². The molecule has 2 aliphatic heterocycles. The number of carbonyl (C=O) groups is 8. The van der Waals surface area contributed by atoms with Crippen LogP contribution in [0.1, 0.15) is 85.7 Å². The minimum absolute atomic E-state index is 0.00913. The number of piperazine rings is 1. The number of aryl methyl sites for hydroxylation is 1. The number of halogens is 2. The molecular formula is C61H84F2N16O12. The molecule has 2 saturated heterocycles. The summed E-state index contributed by atoms with van der Waals surface area (Å²) in [6, 6.07) is 15.5. The van der Waals surface area contributed by atoms with Gasteiger partial charge in [0.25, 0.3) is 5.91 Å². The van der Waals surface area contributed by atoms with E-state index in [1.165, 1.54) is 24.7 Å². The molecular weight excluding hydrogens is 1190 g/mol. The number of nitrogens with zero attached hydrogens (tertiary/aromatic N) is 11. The lowest BCUT2D eigenvalue weighted by atomic mass is 9.93. The number of carbonyl (C=O) groups excluding carboxylic acids is 5. The number of ether oxygens (including phenoxy) is 1. The van der Waals surface area contributed by atoms with Gasteiger partial charge in [-0.2, -0.15) is 20.6 Å². The Morgan fingerprint density at radius 1 is 0.736 bits per heavy atom. The number of nitrogens with one attached hydrogen (secondary N) is 5. The molecule has 1 aliphatic carbocycles. The molecule has 8 N–H and O–H groups in total. The van der Waals surface area contributed by atoms with E-state index >= 15 is 0 Å². The van der Waals surface area contributed by atoms with Crippen LogP contribution in [0, 0.1) is 30.1 Å². The van der Waals surface area contributed by atoms with Crippen molar-refractivity contribution in [3.05, 3.63) is 71.4 Å². The first-order valence-electron chi connectivity index (χ1n) is 30.6. The van der Waals surface area contributed by atoms with Gasteiger partial charge in [0.05, 0.1) is 68.1 Å². The number of pyridine rings is 1. The van der Waals surface area contributed by atoms with Crippen molar-refractivity contribution in [1.29, 1.82) is 5.26 Å². The number of alkyl halides is 2. The zero-order valence-electron chi connectivity index (χ0n) is 51.4. The molecule has 6 rings (SSSR count). The second-order valence-electron chi connectivity index (χ2n) is 22.7. The molecule has 0 bridgehead atoms. The molecule has 0 spiro atoms. The molecule has 3 fully saturated rings. The summed E-state index contributed by atoms with van der Waals surface area (Å²) in [5, 5.41) is 56.6. The van der Waals surface area contributed by atoms with Gasteiger partial charge in [-0.1, -0.05) is 36.2 Å². The first kappa shape index (κ1) is 71.3. The van der Waals surface area contributed by atoms with Crippen LogP contribution in [-0.4, -0.2) is 252 Å². The molecule has 1 saturated carbocycles. The van der Waals surface area contributed by atoms with Gasteiger partial charge in [0.1, 0.15) is 12.4 Å². The van der Waals surface area contributed by atoms with Gasteiger partial charge in [-0.25, -0.2) is 19.0 Å². The van der Waals surface area contributed by atoms with Crippen LogP contribution in [0.2, 0.25) is 0 Å². The largest absolute Gasteiger partial charge is 0.494 e. The normalized spacial score (nSPS) is 18.5. The first-order valence-corrected chi connectivity index (χ1v) is 30.6. The van der Waals surface area contributed by atoms with E-state index < -0.39 is 78.8 Å². The zero-order chi connectivity index (χ0) is 65.5. The van der Waals surface area contributed by atoms with Gasteiger partial charge < -0.3 is 40.5 Å². The molecule has 0 radical (unpaired) electrons. The standard InChI is InChI=1S/C61H84F2N16O12/c1-44-9-11-45(12-10-44)37-68-71-43-70-67-18-15-47(72-55(82)40-75-20-21-76(41-57(84)85)22-23-77(42-58(86)87)27-31-79(30-26-75)60(89)90)38-69-73-54(81)7-3-2-4-8-56(83)78-28-24-74(25-29-78)19-5-6-32-91-48-13-14-52-50(33-48)49(16-17-65-52)59(88)66-39-53(80)51-35-61(62,63)34-46(51)36-64/h9-14,16-18,33,37-38,46-47,51,70-71H,2-8,15,19-32,34-35,39-43H2,1H3,(H,66,88)(H,72,82)(H,73,81)(H,84,85)(H,86,87)(H,89,90)/b67-18+,68-37+,69-38-/t46-,47?,51?/m1/s1. The van der Waals surface area contributed by atoms with Gasteiger partial charge in [0.2, 0.25) is 23.6 Å². The molecule has 3 aromatic rings. The number of ketones is 1. The summed E-state index contributed by atoms with van der Waals surface area (Å²) < 4.78 is 33.9. The third-order valence-corrected chi connectivity index (χ3v) is 15.7. The number of hydrogen-bond acceptors (Lipinski definition) is 20. The van der Waals surface area contributed by atoms with Gasteiger partial charge in [-0.15, -0.1) is 0 Å². The maximum absolute atomic E-state index is 13.9. The SMILES string of the molecule is Cc1ccc(/C=N/NCN/N=C/CC(/C=N\NC(=O)CCCCCC(=O)N2CCN(CCCCOc3ccc4nccc(C(=O)NCC(=O)C5CC(F)(F)C[C@@H]5C#N)c4c3)CC2)NC(=O)CN2CCN(CC(=O)O)CCN(CC(=O)O)CCN(C(=O)O)CC2)cc1. The molecule has 28 nitrogen and oxygen atoms in total. The van der Waals surface area contributed by atoms with Crippen molar-refractivity contribution >= 4 is 77.0 Å². The number of rotatable bonds is 32. The highest BCUT2D eigenvalue weighted by Gasteiger charge is 2.49. The molecule has 3 atom stereocenters. The highest BCUT2D eigenvalue weighted by Crippen LogP contribution is 2.43. The maximum atomic E-state index is 13.9. The summed E-state index contributed by atoms with van der Waals surface area (Å²) in [7, 11) is 0. The summed E-state index contributed by atoms with van der Waals surface area (Å²) in [4.78, 5) is 116. The van der Waals surface area contributed by atoms with Crippen LogP contribution in [0.15, 0.2) is 70.0 Å². The fourth-order valence-electron chi connectivity index (χ4n) is 10.6. The quantitative estimate of drug-likeness (QED) is 0.0193. The second-order valence-corrected chi connectivity index (χ2v) is 22.7. The molecule has 494 valence electrons. The van der Waals surface area contributed by atoms with Crippen LogP contribution >= 0.6 is 0 Å². The minimum atomic E-state index is -3.10. The van der Waals surface area contributed by atoms with Crippen LogP contribution in [0.5, 0.6) is 5.75 Å². The van der Waals surface area contributed by atoms with Crippen LogP contribution < -0.4 is 31.6 Å². The van der Waals surface area contributed by atoms with Gasteiger partial charge in [0, 0.05) is 141 Å². The number of nitriles is 1.